The fraction of sp³-hybridized carbons (Fsp3) is 0.632. The molecule has 0 fully saturated rings. The zero-order chi connectivity index (χ0) is 35.9. The molecule has 0 aromatic heterocycles. The predicted octanol–water partition coefficient (Wildman–Crippen LogP) is 13.4. The maximum Gasteiger partial charge on any atom is 0.250 e. The average Bonchev–Trinajstić information content (AvgIpc) is 2.78. The van der Waals surface area contributed by atoms with Gasteiger partial charge in [0.05, 0.1) is 0 Å². The lowest BCUT2D eigenvalue weighted by Crippen LogP contribution is -2.44. The Morgan fingerprint density at radius 3 is 0.674 bits per heavy atom. The molecule has 4 nitrogen and oxygen atoms in total. The van der Waals surface area contributed by atoms with E-state index in [2.05, 4.69) is 184 Å². The summed E-state index contributed by atoms with van der Waals surface area (Å²) >= 11 is 0. The van der Waals surface area contributed by atoms with E-state index in [0.29, 0.717) is 0 Å². The van der Waals surface area contributed by atoms with Crippen molar-refractivity contribution in [1.29, 1.82) is 0 Å². The molecular weight excluding hydrogens is 633 g/mol. The maximum absolute atomic E-state index is 6.82. The second-order valence-corrected chi connectivity index (χ2v) is 38.2. The third-order valence-electron chi connectivity index (χ3n) is 11.0. The van der Waals surface area contributed by atoms with Crippen LogP contribution in [0.25, 0.3) is 12.2 Å². The van der Waals surface area contributed by atoms with Crippen LogP contribution in [0.4, 0.5) is 0 Å². The van der Waals surface area contributed by atoms with Gasteiger partial charge in [0, 0.05) is 12.1 Å². The van der Waals surface area contributed by atoms with Gasteiger partial charge in [0.25, 0.3) is 0 Å². The van der Waals surface area contributed by atoms with E-state index in [9.17, 15) is 0 Å². The first-order valence-corrected chi connectivity index (χ1v) is 28.6. The van der Waals surface area contributed by atoms with Crippen LogP contribution in [0.5, 0.6) is 23.0 Å². The van der Waals surface area contributed by atoms with Gasteiger partial charge in [0.1, 0.15) is 23.0 Å². The lowest BCUT2D eigenvalue weighted by Gasteiger charge is -2.38. The highest BCUT2D eigenvalue weighted by Crippen LogP contribution is 2.43. The highest BCUT2D eigenvalue weighted by molar-refractivity contribution is 6.76. The van der Waals surface area contributed by atoms with Crippen molar-refractivity contribution in [3.05, 3.63) is 47.5 Å². The molecule has 2 aromatic carbocycles. The van der Waals surface area contributed by atoms with Crippen LogP contribution in [-0.2, 0) is 0 Å². The third-order valence-corrected chi connectivity index (χ3v) is 28.4. The van der Waals surface area contributed by atoms with Crippen molar-refractivity contribution in [3.63, 3.8) is 0 Å². The zero-order valence-corrected chi connectivity index (χ0v) is 37.3. The van der Waals surface area contributed by atoms with Crippen LogP contribution in [0, 0.1) is 0 Å². The predicted molar refractivity (Wildman–Crippen MR) is 213 cm³/mol. The molecule has 260 valence electrons. The first-order valence-electron chi connectivity index (χ1n) is 17.0. The standard InChI is InChI=1S/C38H68O4Si4/c1-35(2,3)43(13,14)39-31-23-29(24-32(27-31)40-44(15,16)36(4,5)6)21-22-30-25-33(41-45(17,18)37(7,8)9)28-34(26-30)42-46(19,20)38(10,11)12/h21-28H,1-20H3. The van der Waals surface area contributed by atoms with E-state index >= 15 is 0 Å². The van der Waals surface area contributed by atoms with E-state index in [1.165, 1.54) is 0 Å². The Labute approximate surface area is 288 Å². The van der Waals surface area contributed by atoms with Crippen LogP contribution < -0.4 is 17.7 Å². The third kappa shape index (κ3) is 10.4. The van der Waals surface area contributed by atoms with E-state index in [4.69, 9.17) is 17.7 Å². The molecule has 2 rings (SSSR count). The Morgan fingerprint density at radius 2 is 0.522 bits per heavy atom. The Morgan fingerprint density at radius 1 is 0.348 bits per heavy atom. The van der Waals surface area contributed by atoms with Gasteiger partial charge in [-0.3, -0.25) is 0 Å². The van der Waals surface area contributed by atoms with Gasteiger partial charge in [-0.05, 0) is 108 Å². The van der Waals surface area contributed by atoms with Gasteiger partial charge in [-0.1, -0.05) is 95.2 Å². The summed E-state index contributed by atoms with van der Waals surface area (Å²) in [5.41, 5.74) is 2.10. The monoisotopic (exact) mass is 700 g/mol. The molecule has 0 N–H and O–H groups in total. The summed E-state index contributed by atoms with van der Waals surface area (Å²) in [5, 5.41) is 0.351. The maximum atomic E-state index is 6.82. The Balaban J connectivity index is 2.68. The number of rotatable bonds is 10. The molecule has 0 unspecified atom stereocenters. The van der Waals surface area contributed by atoms with Gasteiger partial charge in [-0.2, -0.15) is 0 Å². The molecule has 8 heteroatoms. The summed E-state index contributed by atoms with van der Waals surface area (Å²) < 4.78 is 27.3. The van der Waals surface area contributed by atoms with Gasteiger partial charge in [0.15, 0.2) is 0 Å². The van der Waals surface area contributed by atoms with E-state index in [-0.39, 0.29) is 20.2 Å². The molecule has 0 amide bonds. The van der Waals surface area contributed by atoms with Crippen LogP contribution in [0.1, 0.15) is 94.2 Å². The summed E-state index contributed by atoms with van der Waals surface area (Å²) in [6.45, 7) is 45.7. The van der Waals surface area contributed by atoms with E-state index < -0.39 is 33.3 Å². The summed E-state index contributed by atoms with van der Waals surface area (Å²) in [5.74, 6) is 3.50. The first kappa shape index (κ1) is 40.4. The molecule has 0 aliphatic rings. The van der Waals surface area contributed by atoms with Crippen molar-refractivity contribution in [1.82, 2.24) is 0 Å². The fourth-order valence-corrected chi connectivity index (χ4v) is 7.65. The Hall–Kier alpha value is -1.75. The van der Waals surface area contributed by atoms with Gasteiger partial charge >= 0.3 is 0 Å². The number of hydrogen-bond acceptors (Lipinski definition) is 4. The molecule has 0 aliphatic heterocycles. The fourth-order valence-electron chi connectivity index (χ4n) is 3.60. The molecule has 0 aliphatic carbocycles. The van der Waals surface area contributed by atoms with Crippen molar-refractivity contribution in [3.8, 4) is 23.0 Å². The minimum absolute atomic E-state index is 0.0877. The van der Waals surface area contributed by atoms with Crippen molar-refractivity contribution in [2.24, 2.45) is 0 Å². The average molecular weight is 701 g/mol. The van der Waals surface area contributed by atoms with Crippen molar-refractivity contribution in [2.75, 3.05) is 0 Å². The summed E-state index contributed by atoms with van der Waals surface area (Å²) in [7, 11) is -8.24. The van der Waals surface area contributed by atoms with E-state index in [1.807, 2.05) is 0 Å². The lowest BCUT2D eigenvalue weighted by molar-refractivity contribution is 0.474. The van der Waals surface area contributed by atoms with Crippen molar-refractivity contribution in [2.45, 2.75) is 156 Å². The zero-order valence-electron chi connectivity index (χ0n) is 33.3. The smallest absolute Gasteiger partial charge is 0.250 e. The molecule has 0 saturated heterocycles. The van der Waals surface area contributed by atoms with Gasteiger partial charge in [-0.15, -0.1) is 0 Å². The molecule has 0 bridgehead atoms. The summed E-state index contributed by atoms with van der Waals surface area (Å²) in [4.78, 5) is 0. The van der Waals surface area contributed by atoms with Gasteiger partial charge in [0.2, 0.25) is 33.3 Å². The largest absolute Gasteiger partial charge is 0.543 e. The van der Waals surface area contributed by atoms with Gasteiger partial charge < -0.3 is 17.7 Å². The van der Waals surface area contributed by atoms with Gasteiger partial charge in [-0.25, -0.2) is 0 Å². The highest BCUT2D eigenvalue weighted by atomic mass is 28.4. The molecule has 46 heavy (non-hydrogen) atoms. The topological polar surface area (TPSA) is 36.9 Å². The highest BCUT2D eigenvalue weighted by Gasteiger charge is 2.42. The second kappa shape index (κ2) is 13.3. The lowest BCUT2D eigenvalue weighted by atomic mass is 10.1. The SMILES string of the molecule is CC(C)(C)[Si](C)(C)Oc1cc(C=Cc2cc(O[Si](C)(C)C(C)(C)C)cc(O[Si](C)(C)C(C)(C)C)c2)cc(O[Si](C)(C)C(C)(C)C)c1. The Bertz CT molecular complexity index is 1180. The molecule has 0 saturated carbocycles. The number of benzene rings is 2. The molecule has 0 radical (unpaired) electrons. The second-order valence-electron chi connectivity index (χ2n) is 19.3. The minimum atomic E-state index is -2.06. The Kier molecular flexibility index (Phi) is 11.7. The van der Waals surface area contributed by atoms with Crippen molar-refractivity contribution < 1.29 is 17.7 Å². The molecule has 0 spiro atoms. The van der Waals surface area contributed by atoms with Crippen molar-refractivity contribution >= 4 is 45.4 Å². The normalized spacial score (nSPS) is 14.4. The molecular formula is C38H68O4Si4. The van der Waals surface area contributed by atoms with E-state index in [1.54, 1.807) is 0 Å². The molecule has 2 aromatic rings. The van der Waals surface area contributed by atoms with Crippen LogP contribution in [0.2, 0.25) is 72.5 Å². The quantitative estimate of drug-likeness (QED) is 0.183. The van der Waals surface area contributed by atoms with E-state index in [0.717, 1.165) is 34.1 Å². The minimum Gasteiger partial charge on any atom is -0.543 e. The molecule has 0 heterocycles. The summed E-state index contributed by atoms with van der Waals surface area (Å²) in [6.07, 6.45) is 4.33. The summed E-state index contributed by atoms with van der Waals surface area (Å²) in [6, 6.07) is 12.8. The van der Waals surface area contributed by atoms with Crippen LogP contribution in [0.15, 0.2) is 36.4 Å². The van der Waals surface area contributed by atoms with Crippen LogP contribution >= 0.6 is 0 Å². The number of hydrogen-bond donors (Lipinski definition) is 0. The van der Waals surface area contributed by atoms with Crippen LogP contribution in [-0.4, -0.2) is 33.3 Å². The molecule has 0 atom stereocenters. The van der Waals surface area contributed by atoms with Crippen LogP contribution in [0.3, 0.4) is 0 Å². The first-order chi connectivity index (χ1) is 20.3.